The predicted octanol–water partition coefficient (Wildman–Crippen LogP) is 8.13. The Hall–Kier alpha value is -6.84. The van der Waals surface area contributed by atoms with Gasteiger partial charge in [-0.05, 0) is 0 Å². The van der Waals surface area contributed by atoms with E-state index in [2.05, 4.69) is 48.5 Å². The topological polar surface area (TPSA) is 55.4 Å². The molecule has 0 saturated heterocycles. The fourth-order valence-electron chi connectivity index (χ4n) is 8.19. The van der Waals surface area contributed by atoms with Crippen LogP contribution < -0.4 is 44.7 Å². The number of rotatable bonds is 21. The Balaban J connectivity index is 0.000000266. The van der Waals surface area contributed by atoms with Gasteiger partial charge in [0.1, 0.15) is 52.7 Å². The van der Waals surface area contributed by atoms with E-state index in [0.29, 0.717) is 52.9 Å². The predicted molar refractivity (Wildman–Crippen MR) is 250 cm³/mol. The summed E-state index contributed by atoms with van der Waals surface area (Å²) in [6.45, 7) is 4.24. The van der Waals surface area contributed by atoms with Crippen LogP contribution in [0.1, 0.15) is 0 Å². The second kappa shape index (κ2) is 27.1. The Kier molecular flexibility index (Phi) is 21.1. The minimum Gasteiger partial charge on any atom is -0.207 e. The number of halogens is 20. The Bertz CT molecular complexity index is 2920. The van der Waals surface area contributed by atoms with Gasteiger partial charge in [-0.25, -0.2) is 87.8 Å². The molecule has 0 unspecified atom stereocenters. The molecule has 428 valence electrons. The summed E-state index contributed by atoms with van der Waals surface area (Å²) in [7, 11) is 3.33. The zero-order valence-electron chi connectivity index (χ0n) is 40.7. The molecule has 0 aliphatic carbocycles. The van der Waals surface area contributed by atoms with E-state index < -0.39 is 158 Å². The molecular formula is C52H35BF20O6Se. The number of hydrogen-bond donors (Lipinski definition) is 0. The van der Waals surface area contributed by atoms with E-state index in [1.807, 2.05) is 30.3 Å². The maximum absolute atomic E-state index is 15.4. The van der Waals surface area contributed by atoms with E-state index in [-0.39, 0.29) is 0 Å². The number of hydrogen-bond acceptors (Lipinski definition) is 6. The number of benzene rings is 7. The zero-order valence-corrected chi connectivity index (χ0v) is 42.4. The first-order valence-corrected chi connectivity index (χ1v) is 25.2. The summed E-state index contributed by atoms with van der Waals surface area (Å²) in [6, 6.07) is 27.2. The molecule has 6 nitrogen and oxygen atoms in total. The van der Waals surface area contributed by atoms with E-state index in [0.717, 1.165) is 11.5 Å². The van der Waals surface area contributed by atoms with Crippen LogP contribution in [-0.2, 0) is 18.9 Å². The van der Waals surface area contributed by atoms with E-state index in [9.17, 15) is 52.7 Å². The SMILES string of the molecule is COCCOCCOc1ccccc1[Se+](c1ccccc1)c1ccccc1OCCOCCOC.Fc1c(F)c(F)c([B-](c2c(F)c(F)c(F)c(F)c2F)(c2c(F)c(F)c(F)c(F)c2F)c2c(F)c(F)c(F)c(F)c2F)c(F)c1F. The molecule has 0 amide bonds. The fraction of sp³-hybridized carbons (Fsp3) is 0.192. The normalized spacial score (nSPS) is 11.6. The van der Waals surface area contributed by atoms with Crippen LogP contribution >= 0.6 is 0 Å². The van der Waals surface area contributed by atoms with E-state index in [1.54, 1.807) is 14.2 Å². The second-order valence-corrected chi connectivity index (χ2v) is 20.3. The molecule has 0 aliphatic heterocycles. The van der Waals surface area contributed by atoms with Gasteiger partial charge in [0.15, 0.2) is 69.8 Å². The van der Waals surface area contributed by atoms with Gasteiger partial charge in [0.25, 0.3) is 0 Å². The maximum Gasteiger partial charge on any atom is 0.200 e. The van der Waals surface area contributed by atoms with Crippen LogP contribution in [0.5, 0.6) is 11.5 Å². The van der Waals surface area contributed by atoms with Crippen LogP contribution in [0, 0.1) is 116 Å². The molecule has 0 heterocycles. The molecule has 0 atom stereocenters. The van der Waals surface area contributed by atoms with Crippen molar-refractivity contribution in [3.8, 4) is 11.5 Å². The molecule has 0 aliphatic rings. The first-order chi connectivity index (χ1) is 38.0. The van der Waals surface area contributed by atoms with Crippen LogP contribution in [0.15, 0.2) is 78.9 Å². The zero-order chi connectivity index (χ0) is 58.9. The van der Waals surface area contributed by atoms with E-state index >= 15 is 35.1 Å². The van der Waals surface area contributed by atoms with Crippen molar-refractivity contribution in [1.29, 1.82) is 0 Å². The molecule has 0 bridgehead atoms. The van der Waals surface area contributed by atoms with Gasteiger partial charge < -0.3 is 0 Å². The van der Waals surface area contributed by atoms with Gasteiger partial charge in [0, 0.05) is 0 Å². The van der Waals surface area contributed by atoms with Crippen LogP contribution in [0.3, 0.4) is 0 Å². The number of methoxy groups -OCH3 is 2. The van der Waals surface area contributed by atoms with Crippen LogP contribution in [0.2, 0.25) is 0 Å². The summed E-state index contributed by atoms with van der Waals surface area (Å²) in [6.07, 6.45) is -7.22. The summed E-state index contributed by atoms with van der Waals surface area (Å²) >= 11 is -1.72. The molecule has 28 heteroatoms. The van der Waals surface area contributed by atoms with Crippen molar-refractivity contribution in [2.45, 2.75) is 0 Å². The minimum absolute atomic E-state index is 0.478. The Morgan fingerprint density at radius 2 is 0.525 bits per heavy atom. The van der Waals surface area contributed by atoms with Crippen LogP contribution in [0.4, 0.5) is 87.8 Å². The Morgan fingerprint density at radius 1 is 0.287 bits per heavy atom. The molecule has 0 aromatic heterocycles. The molecule has 7 aromatic carbocycles. The molecule has 0 fully saturated rings. The van der Waals surface area contributed by atoms with Crippen molar-refractivity contribution in [1.82, 2.24) is 0 Å². The van der Waals surface area contributed by atoms with Gasteiger partial charge in [0.05, 0.1) is 0 Å². The summed E-state index contributed by atoms with van der Waals surface area (Å²) in [4.78, 5) is 0. The first kappa shape index (κ1) is 62.4. The van der Waals surface area contributed by atoms with Crippen molar-refractivity contribution in [2.24, 2.45) is 0 Å². The van der Waals surface area contributed by atoms with Gasteiger partial charge in [0.2, 0.25) is 0 Å². The minimum atomic E-state index is -7.22. The molecule has 80 heavy (non-hydrogen) atoms. The van der Waals surface area contributed by atoms with E-state index in [1.165, 1.54) is 13.4 Å². The third-order valence-electron chi connectivity index (χ3n) is 11.7. The average Bonchev–Trinajstić information content (AvgIpc) is 3.47. The Labute approximate surface area is 444 Å². The van der Waals surface area contributed by atoms with Crippen LogP contribution in [-0.4, -0.2) is 87.1 Å². The summed E-state index contributed by atoms with van der Waals surface area (Å²) in [5.41, 5.74) is -14.3. The molecule has 7 aromatic rings. The van der Waals surface area contributed by atoms with Crippen molar-refractivity contribution in [3.05, 3.63) is 195 Å². The van der Waals surface area contributed by atoms with Gasteiger partial charge in [-0.2, -0.15) is 0 Å². The molecular weight excluding hydrogens is 1190 g/mol. The van der Waals surface area contributed by atoms with Crippen molar-refractivity contribution in [3.63, 3.8) is 0 Å². The molecule has 0 saturated carbocycles. The maximum atomic E-state index is 15.4. The molecule has 0 N–H and O–H groups in total. The summed E-state index contributed by atoms with van der Waals surface area (Å²) in [5.74, 6) is -69.6. The quantitative estimate of drug-likeness (QED) is 0.0239. The smallest absolute Gasteiger partial charge is 0.200 e. The Morgan fingerprint density at radius 3 is 0.800 bits per heavy atom. The molecule has 0 spiro atoms. The monoisotopic (exact) mass is 1230 g/mol. The first-order valence-electron chi connectivity index (χ1n) is 22.6. The van der Waals surface area contributed by atoms with E-state index in [4.69, 9.17) is 28.4 Å². The molecule has 7 rings (SSSR count). The summed E-state index contributed by atoms with van der Waals surface area (Å²) in [5, 5.41) is 0. The van der Waals surface area contributed by atoms with Crippen LogP contribution in [0.25, 0.3) is 0 Å². The standard InChI is InChI=1S/C28H35O6Se.C24BF20/c1-29-16-18-31-20-22-33-25-12-6-8-14-27(25)35(24-10-4-3-5-11-24)28-15-9-7-13-26(28)34-23-21-32-19-17-30-2;26-5-1(6(27)14(35)21(42)13(5)34)25(2-7(28)15(36)22(43)16(37)8(2)29,3-9(30)17(38)23(44)18(39)10(3)31)4-11(32)19(40)24(45)20(41)12(4)33/h3-15H,16-23H2,1-2H3;/q+1;-1. The second-order valence-electron chi connectivity index (χ2n) is 16.2. The van der Waals surface area contributed by atoms with Gasteiger partial charge >= 0.3 is 213 Å². The number of para-hydroxylation sites is 2. The summed E-state index contributed by atoms with van der Waals surface area (Å²) < 4.78 is 331. The third-order valence-corrected chi connectivity index (χ3v) is 16.5. The van der Waals surface area contributed by atoms with Gasteiger partial charge in [-0.15, -0.1) is 21.9 Å². The third kappa shape index (κ3) is 12.0. The van der Waals surface area contributed by atoms with Crippen molar-refractivity contribution in [2.75, 3.05) is 67.1 Å². The number of ether oxygens (including phenoxy) is 6. The molecule has 0 radical (unpaired) electrons. The fourth-order valence-corrected chi connectivity index (χ4v) is 12.9. The van der Waals surface area contributed by atoms with Gasteiger partial charge in [-0.3, -0.25) is 0 Å². The van der Waals surface area contributed by atoms with Gasteiger partial charge in [-0.1, -0.05) is 0 Å². The van der Waals surface area contributed by atoms with Crippen molar-refractivity contribution < 1.29 is 116 Å². The largest absolute Gasteiger partial charge is 0.207 e. The van der Waals surface area contributed by atoms with Crippen molar-refractivity contribution >= 4 is 55.3 Å². The average molecular weight is 1230 g/mol.